The highest BCUT2D eigenvalue weighted by Crippen LogP contribution is 2.30. The van der Waals surface area contributed by atoms with E-state index in [9.17, 15) is 9.90 Å². The molecule has 2 aliphatic heterocycles. The van der Waals surface area contributed by atoms with Gasteiger partial charge in [0.15, 0.2) is 0 Å². The SMILES string of the molecule is Cl.O=C(Nc1ccc(OCCOCCN2CCCC2)cc1)C1=C(O)CCn2c1nc1ccccc12. The van der Waals surface area contributed by atoms with Crippen LogP contribution < -0.4 is 10.1 Å². The second-order valence-corrected chi connectivity index (χ2v) is 8.64. The number of aromatic nitrogens is 2. The minimum atomic E-state index is -0.381. The zero-order chi connectivity index (χ0) is 23.3. The molecule has 0 bridgehead atoms. The third-order valence-corrected chi connectivity index (χ3v) is 6.33. The van der Waals surface area contributed by atoms with Crippen LogP contribution in [0.1, 0.15) is 25.1 Å². The maximum atomic E-state index is 13.0. The lowest BCUT2D eigenvalue weighted by Gasteiger charge is -2.18. The Hall–Kier alpha value is -3.07. The van der Waals surface area contributed by atoms with Gasteiger partial charge in [-0.1, -0.05) is 12.1 Å². The molecule has 0 spiro atoms. The number of ether oxygens (including phenoxy) is 2. The number of rotatable bonds is 9. The van der Waals surface area contributed by atoms with E-state index in [1.807, 2.05) is 41.0 Å². The Bertz CT molecular complexity index is 1190. The lowest BCUT2D eigenvalue weighted by atomic mass is 10.1. The van der Waals surface area contributed by atoms with Gasteiger partial charge in [0.25, 0.3) is 5.91 Å². The molecular weight excluding hydrogens is 468 g/mol. The Morgan fingerprint density at radius 2 is 1.77 bits per heavy atom. The first kappa shape index (κ1) is 25.0. The van der Waals surface area contributed by atoms with Gasteiger partial charge in [-0.2, -0.15) is 0 Å². The van der Waals surface area contributed by atoms with Gasteiger partial charge in [-0.05, 0) is 62.3 Å². The van der Waals surface area contributed by atoms with E-state index < -0.39 is 0 Å². The molecule has 9 heteroatoms. The largest absolute Gasteiger partial charge is 0.511 e. The van der Waals surface area contributed by atoms with Crippen LogP contribution in [0.4, 0.5) is 5.69 Å². The predicted molar refractivity (Wildman–Crippen MR) is 138 cm³/mol. The number of aliphatic hydroxyl groups is 1. The molecule has 35 heavy (non-hydrogen) atoms. The molecule has 0 saturated carbocycles. The van der Waals surface area contributed by atoms with Crippen LogP contribution in [-0.4, -0.2) is 64.9 Å². The lowest BCUT2D eigenvalue weighted by Crippen LogP contribution is -2.24. The van der Waals surface area contributed by atoms with Crippen LogP contribution in [0.25, 0.3) is 16.6 Å². The summed E-state index contributed by atoms with van der Waals surface area (Å²) in [6.45, 7) is 5.68. The van der Waals surface area contributed by atoms with Crippen LogP contribution in [0.15, 0.2) is 54.3 Å². The number of benzene rings is 2. The number of likely N-dealkylation sites (tertiary alicyclic amines) is 1. The maximum Gasteiger partial charge on any atom is 0.262 e. The van der Waals surface area contributed by atoms with Gasteiger partial charge >= 0.3 is 0 Å². The third-order valence-electron chi connectivity index (χ3n) is 6.33. The molecule has 186 valence electrons. The van der Waals surface area contributed by atoms with Gasteiger partial charge in [-0.15, -0.1) is 12.4 Å². The van der Waals surface area contributed by atoms with Crippen LogP contribution in [0.5, 0.6) is 5.75 Å². The number of aryl methyl sites for hydroxylation is 1. The molecule has 2 aromatic carbocycles. The Labute approximate surface area is 210 Å². The molecule has 3 aromatic rings. The number of anilines is 1. The fraction of sp³-hybridized carbons (Fsp3) is 0.385. The number of imidazole rings is 1. The smallest absolute Gasteiger partial charge is 0.262 e. The fourth-order valence-corrected chi connectivity index (χ4v) is 4.55. The zero-order valence-electron chi connectivity index (χ0n) is 19.6. The molecule has 0 atom stereocenters. The molecular formula is C26H31ClN4O4. The number of nitrogens with zero attached hydrogens (tertiary/aromatic N) is 3. The van der Waals surface area contributed by atoms with Crippen molar-refractivity contribution >= 4 is 40.6 Å². The van der Waals surface area contributed by atoms with Crippen LogP contribution in [-0.2, 0) is 16.1 Å². The van der Waals surface area contributed by atoms with E-state index in [4.69, 9.17) is 9.47 Å². The Kier molecular flexibility index (Phi) is 8.28. The average Bonchev–Trinajstić information content (AvgIpc) is 3.49. The van der Waals surface area contributed by atoms with Crippen molar-refractivity contribution in [3.05, 3.63) is 60.1 Å². The number of nitrogens with one attached hydrogen (secondary N) is 1. The minimum Gasteiger partial charge on any atom is -0.511 e. The van der Waals surface area contributed by atoms with E-state index in [1.165, 1.54) is 25.9 Å². The van der Waals surface area contributed by atoms with Crippen molar-refractivity contribution in [3.63, 3.8) is 0 Å². The standard InChI is InChI=1S/C26H30N4O4.ClH/c31-23-11-14-30-22-6-2-1-5-21(22)28-25(30)24(23)26(32)27-19-7-9-20(10-8-19)34-18-17-33-16-15-29-12-3-4-13-29;/h1-2,5-10,31H,3-4,11-18H2,(H,27,32);1H. The predicted octanol–water partition coefficient (Wildman–Crippen LogP) is 4.26. The molecule has 2 aliphatic rings. The number of fused-ring (bicyclic) bond motifs is 3. The van der Waals surface area contributed by atoms with Crippen molar-refractivity contribution in [2.24, 2.45) is 0 Å². The van der Waals surface area contributed by atoms with E-state index in [-0.39, 0.29) is 29.6 Å². The molecule has 0 unspecified atom stereocenters. The van der Waals surface area contributed by atoms with Gasteiger partial charge in [-0.25, -0.2) is 4.98 Å². The number of carbonyl (C=O) groups excluding carboxylic acids is 1. The Morgan fingerprint density at radius 1 is 1.00 bits per heavy atom. The summed E-state index contributed by atoms with van der Waals surface area (Å²) in [7, 11) is 0. The van der Waals surface area contributed by atoms with Crippen molar-refractivity contribution < 1.29 is 19.4 Å². The first-order valence-electron chi connectivity index (χ1n) is 11.9. The van der Waals surface area contributed by atoms with Crippen LogP contribution in [0, 0.1) is 0 Å². The van der Waals surface area contributed by atoms with Gasteiger partial charge < -0.3 is 29.4 Å². The van der Waals surface area contributed by atoms with Gasteiger partial charge in [0.1, 0.15) is 29.5 Å². The van der Waals surface area contributed by atoms with Crippen molar-refractivity contribution in [2.75, 3.05) is 44.8 Å². The number of hydrogen-bond acceptors (Lipinski definition) is 6. The summed E-state index contributed by atoms with van der Waals surface area (Å²) in [5.41, 5.74) is 2.59. The monoisotopic (exact) mass is 498 g/mol. The number of carbonyl (C=O) groups is 1. The van der Waals surface area contributed by atoms with E-state index in [1.54, 1.807) is 12.1 Å². The molecule has 0 radical (unpaired) electrons. The van der Waals surface area contributed by atoms with E-state index in [0.717, 1.165) is 24.2 Å². The molecule has 1 amide bonds. The topological polar surface area (TPSA) is 88.9 Å². The average molecular weight is 499 g/mol. The van der Waals surface area contributed by atoms with Crippen LogP contribution in [0.2, 0.25) is 0 Å². The summed E-state index contributed by atoms with van der Waals surface area (Å²) in [6, 6.07) is 14.9. The molecule has 2 N–H and O–H groups in total. The Morgan fingerprint density at radius 3 is 2.57 bits per heavy atom. The van der Waals surface area contributed by atoms with Crippen molar-refractivity contribution in [1.82, 2.24) is 14.5 Å². The summed E-state index contributed by atoms with van der Waals surface area (Å²) >= 11 is 0. The molecule has 1 saturated heterocycles. The summed E-state index contributed by atoms with van der Waals surface area (Å²) in [5, 5.41) is 13.4. The number of amides is 1. The van der Waals surface area contributed by atoms with Gasteiger partial charge in [-0.3, -0.25) is 4.79 Å². The lowest BCUT2D eigenvalue weighted by molar-refractivity contribution is -0.111. The molecule has 1 fully saturated rings. The first-order chi connectivity index (χ1) is 16.7. The number of allylic oxidation sites excluding steroid dienone is 1. The van der Waals surface area contributed by atoms with E-state index in [2.05, 4.69) is 15.2 Å². The minimum absolute atomic E-state index is 0. The van der Waals surface area contributed by atoms with E-state index >= 15 is 0 Å². The summed E-state index contributed by atoms with van der Waals surface area (Å²) < 4.78 is 13.4. The molecule has 5 rings (SSSR count). The van der Waals surface area contributed by atoms with Crippen LogP contribution in [0.3, 0.4) is 0 Å². The summed E-state index contributed by atoms with van der Waals surface area (Å²) in [4.78, 5) is 20.0. The fourth-order valence-electron chi connectivity index (χ4n) is 4.55. The third kappa shape index (κ3) is 5.78. The number of halogens is 1. The second-order valence-electron chi connectivity index (χ2n) is 8.64. The highest BCUT2D eigenvalue weighted by molar-refractivity contribution is 6.25. The molecule has 1 aromatic heterocycles. The quantitative estimate of drug-likeness (QED) is 0.428. The Balaban J connectivity index is 0.00000289. The number of hydrogen-bond donors (Lipinski definition) is 2. The molecule has 3 heterocycles. The summed E-state index contributed by atoms with van der Waals surface area (Å²) in [6.07, 6.45) is 2.97. The number of aliphatic hydroxyl groups excluding tert-OH is 1. The van der Waals surface area contributed by atoms with Crippen molar-refractivity contribution in [1.29, 1.82) is 0 Å². The van der Waals surface area contributed by atoms with Gasteiger partial charge in [0, 0.05) is 25.2 Å². The number of para-hydroxylation sites is 2. The first-order valence-corrected chi connectivity index (χ1v) is 11.9. The van der Waals surface area contributed by atoms with Gasteiger partial charge in [0.05, 0.1) is 24.2 Å². The summed E-state index contributed by atoms with van der Waals surface area (Å²) in [5.74, 6) is 0.883. The highest BCUT2D eigenvalue weighted by atomic mass is 35.5. The van der Waals surface area contributed by atoms with Crippen molar-refractivity contribution in [2.45, 2.75) is 25.8 Å². The van der Waals surface area contributed by atoms with Gasteiger partial charge in [0.2, 0.25) is 0 Å². The van der Waals surface area contributed by atoms with Crippen molar-refractivity contribution in [3.8, 4) is 5.75 Å². The maximum absolute atomic E-state index is 13.0. The van der Waals surface area contributed by atoms with Crippen LogP contribution >= 0.6 is 12.4 Å². The molecule has 0 aliphatic carbocycles. The zero-order valence-corrected chi connectivity index (χ0v) is 20.4. The normalized spacial score (nSPS) is 15.7. The second kappa shape index (κ2) is 11.6. The molecule has 8 nitrogen and oxygen atoms in total. The van der Waals surface area contributed by atoms with E-state index in [0.29, 0.717) is 43.4 Å². The highest BCUT2D eigenvalue weighted by Gasteiger charge is 2.28.